The van der Waals surface area contributed by atoms with Gasteiger partial charge in [0.15, 0.2) is 0 Å². The summed E-state index contributed by atoms with van der Waals surface area (Å²) in [6.45, 7) is 10.5. The molecule has 3 nitrogen and oxygen atoms in total. The summed E-state index contributed by atoms with van der Waals surface area (Å²) >= 11 is 0. The van der Waals surface area contributed by atoms with Gasteiger partial charge >= 0.3 is 0 Å². The minimum Gasteiger partial charge on any atom is -0.352 e. The van der Waals surface area contributed by atoms with Gasteiger partial charge in [0.05, 0.1) is 6.54 Å². The summed E-state index contributed by atoms with van der Waals surface area (Å²) in [6.07, 6.45) is -0.135. The van der Waals surface area contributed by atoms with Crippen LogP contribution in [0.25, 0.3) is 0 Å². The van der Waals surface area contributed by atoms with Gasteiger partial charge < -0.3 is 5.32 Å². The van der Waals surface area contributed by atoms with Crippen LogP contribution in [-0.2, 0) is 4.79 Å². The standard InChI is InChI=1S/C13H22F2N2O/c1-10(11(18)16-8-12(2,3)4)7-17-6-5-13(14,15)9-17/h1,5-9H2,2-4H3,(H,16,18). The van der Waals surface area contributed by atoms with Crippen LogP contribution in [-0.4, -0.2) is 42.9 Å². The highest BCUT2D eigenvalue weighted by molar-refractivity contribution is 5.93. The maximum absolute atomic E-state index is 13.0. The lowest BCUT2D eigenvalue weighted by atomic mass is 9.97. The Balaban J connectivity index is 2.35. The monoisotopic (exact) mass is 260 g/mol. The molecule has 0 bridgehead atoms. The largest absolute Gasteiger partial charge is 0.352 e. The smallest absolute Gasteiger partial charge is 0.261 e. The molecule has 1 heterocycles. The van der Waals surface area contributed by atoms with Crippen molar-refractivity contribution in [2.45, 2.75) is 33.1 Å². The average molecular weight is 260 g/mol. The highest BCUT2D eigenvalue weighted by Gasteiger charge is 2.38. The molecule has 0 atom stereocenters. The van der Waals surface area contributed by atoms with Gasteiger partial charge in [-0.1, -0.05) is 27.4 Å². The lowest BCUT2D eigenvalue weighted by Crippen LogP contribution is -2.36. The van der Waals surface area contributed by atoms with Gasteiger partial charge in [-0.3, -0.25) is 9.69 Å². The van der Waals surface area contributed by atoms with Crippen molar-refractivity contribution >= 4 is 5.91 Å². The zero-order valence-corrected chi connectivity index (χ0v) is 11.4. The van der Waals surface area contributed by atoms with E-state index in [-0.39, 0.29) is 30.8 Å². The molecule has 0 radical (unpaired) electrons. The summed E-state index contributed by atoms with van der Waals surface area (Å²) in [5.74, 6) is -2.87. The number of likely N-dealkylation sites (tertiary alicyclic amines) is 1. The molecule has 104 valence electrons. The molecule has 1 saturated heterocycles. The molecule has 5 heteroatoms. The third-order valence-electron chi connectivity index (χ3n) is 2.76. The van der Waals surface area contributed by atoms with Gasteiger partial charge in [0, 0.05) is 31.6 Å². The summed E-state index contributed by atoms with van der Waals surface area (Å²) in [7, 11) is 0. The number of hydrogen-bond acceptors (Lipinski definition) is 2. The number of nitrogens with zero attached hydrogens (tertiary/aromatic N) is 1. The van der Waals surface area contributed by atoms with E-state index in [4.69, 9.17) is 0 Å². The number of carbonyl (C=O) groups is 1. The second-order valence-electron chi connectivity index (χ2n) is 6.16. The number of rotatable bonds is 4. The lowest BCUT2D eigenvalue weighted by Gasteiger charge is -2.21. The SMILES string of the molecule is C=C(CN1CCC(F)(F)C1)C(=O)NCC(C)(C)C. The van der Waals surface area contributed by atoms with Crippen molar-refractivity contribution in [1.29, 1.82) is 0 Å². The van der Waals surface area contributed by atoms with Gasteiger partial charge in [0.1, 0.15) is 0 Å². The highest BCUT2D eigenvalue weighted by atomic mass is 19.3. The van der Waals surface area contributed by atoms with Crippen LogP contribution >= 0.6 is 0 Å². The Bertz CT molecular complexity index is 334. The second kappa shape index (κ2) is 5.34. The van der Waals surface area contributed by atoms with Crippen molar-refractivity contribution in [3.05, 3.63) is 12.2 Å². The molecule has 18 heavy (non-hydrogen) atoms. The minimum atomic E-state index is -2.62. The molecule has 1 rings (SSSR count). The number of alkyl halides is 2. The van der Waals surface area contributed by atoms with Crippen LogP contribution in [0.3, 0.4) is 0 Å². The fraction of sp³-hybridized carbons (Fsp3) is 0.769. The minimum absolute atomic E-state index is 0.00336. The van der Waals surface area contributed by atoms with Crippen LogP contribution in [0.2, 0.25) is 0 Å². The van der Waals surface area contributed by atoms with Crippen LogP contribution in [0.1, 0.15) is 27.2 Å². The third kappa shape index (κ3) is 5.12. The molecule has 0 aromatic heterocycles. The summed E-state index contributed by atoms with van der Waals surface area (Å²) in [6, 6.07) is 0. The summed E-state index contributed by atoms with van der Waals surface area (Å²) in [4.78, 5) is 13.3. The van der Waals surface area contributed by atoms with Gasteiger partial charge in [0.25, 0.3) is 5.92 Å². The Morgan fingerprint density at radius 3 is 2.50 bits per heavy atom. The van der Waals surface area contributed by atoms with Crippen molar-refractivity contribution in [2.75, 3.05) is 26.2 Å². The first-order chi connectivity index (χ1) is 8.09. The first-order valence-electron chi connectivity index (χ1n) is 6.15. The van der Waals surface area contributed by atoms with E-state index in [1.165, 1.54) is 0 Å². The molecule has 0 aromatic carbocycles. The van der Waals surface area contributed by atoms with E-state index >= 15 is 0 Å². The first-order valence-corrected chi connectivity index (χ1v) is 6.15. The van der Waals surface area contributed by atoms with E-state index in [2.05, 4.69) is 11.9 Å². The molecule has 0 aliphatic carbocycles. The predicted molar refractivity (Wildman–Crippen MR) is 67.6 cm³/mol. The quantitative estimate of drug-likeness (QED) is 0.785. The second-order valence-corrected chi connectivity index (χ2v) is 6.16. The molecule has 1 amide bonds. The number of nitrogens with one attached hydrogen (secondary N) is 1. The number of hydrogen-bond donors (Lipinski definition) is 1. The van der Waals surface area contributed by atoms with Gasteiger partial charge in [-0.15, -0.1) is 0 Å². The Morgan fingerprint density at radius 2 is 2.06 bits per heavy atom. The van der Waals surface area contributed by atoms with E-state index in [0.717, 1.165) is 0 Å². The van der Waals surface area contributed by atoms with Crippen molar-refractivity contribution < 1.29 is 13.6 Å². The molecule has 1 N–H and O–H groups in total. The zero-order valence-electron chi connectivity index (χ0n) is 11.4. The summed E-state index contributed by atoms with van der Waals surface area (Å²) in [5, 5.41) is 2.76. The van der Waals surface area contributed by atoms with Crippen LogP contribution in [0.4, 0.5) is 8.78 Å². The molecule has 1 aliphatic heterocycles. The molecule has 1 fully saturated rings. The van der Waals surface area contributed by atoms with Crippen LogP contribution in [0.5, 0.6) is 0 Å². The molecule has 0 saturated carbocycles. The molecular weight excluding hydrogens is 238 g/mol. The van der Waals surface area contributed by atoms with Gasteiger partial charge in [-0.2, -0.15) is 0 Å². The van der Waals surface area contributed by atoms with Gasteiger partial charge in [-0.05, 0) is 5.41 Å². The van der Waals surface area contributed by atoms with E-state index in [1.54, 1.807) is 4.90 Å². The Kier molecular flexibility index (Phi) is 4.48. The molecular formula is C13H22F2N2O. The van der Waals surface area contributed by atoms with E-state index in [1.807, 2.05) is 20.8 Å². The average Bonchev–Trinajstić information content (AvgIpc) is 2.53. The maximum atomic E-state index is 13.0. The Hall–Kier alpha value is -0.970. The molecule has 0 spiro atoms. The van der Waals surface area contributed by atoms with Crippen molar-refractivity contribution in [1.82, 2.24) is 10.2 Å². The summed E-state index contributed by atoms with van der Waals surface area (Å²) < 4.78 is 26.0. The van der Waals surface area contributed by atoms with Crippen molar-refractivity contribution in [3.8, 4) is 0 Å². The molecule has 1 aliphatic rings. The van der Waals surface area contributed by atoms with Crippen LogP contribution in [0, 0.1) is 5.41 Å². The highest BCUT2D eigenvalue weighted by Crippen LogP contribution is 2.26. The summed E-state index contributed by atoms with van der Waals surface area (Å²) in [5.41, 5.74) is 0.341. The predicted octanol–water partition coefficient (Wildman–Crippen LogP) is 2.05. The Morgan fingerprint density at radius 1 is 1.44 bits per heavy atom. The normalized spacial score (nSPS) is 19.8. The first kappa shape index (κ1) is 15.1. The van der Waals surface area contributed by atoms with Gasteiger partial charge in [0.2, 0.25) is 5.91 Å². The van der Waals surface area contributed by atoms with E-state index in [9.17, 15) is 13.6 Å². The lowest BCUT2D eigenvalue weighted by molar-refractivity contribution is -0.118. The van der Waals surface area contributed by atoms with Gasteiger partial charge in [-0.25, -0.2) is 8.78 Å². The number of amides is 1. The number of carbonyl (C=O) groups excluding carboxylic acids is 1. The zero-order chi connectivity index (χ0) is 14.0. The maximum Gasteiger partial charge on any atom is 0.261 e. The van der Waals surface area contributed by atoms with E-state index in [0.29, 0.717) is 18.7 Å². The van der Waals surface area contributed by atoms with Crippen molar-refractivity contribution in [3.63, 3.8) is 0 Å². The molecule has 0 unspecified atom stereocenters. The Labute approximate surface area is 107 Å². The van der Waals surface area contributed by atoms with Crippen molar-refractivity contribution in [2.24, 2.45) is 5.41 Å². The topological polar surface area (TPSA) is 32.3 Å². The fourth-order valence-corrected chi connectivity index (χ4v) is 1.75. The van der Waals surface area contributed by atoms with Crippen LogP contribution in [0.15, 0.2) is 12.2 Å². The van der Waals surface area contributed by atoms with E-state index < -0.39 is 5.92 Å². The molecule has 0 aromatic rings. The number of halogens is 2. The van der Waals surface area contributed by atoms with Crippen LogP contribution < -0.4 is 5.32 Å². The third-order valence-corrected chi connectivity index (χ3v) is 2.76. The fourth-order valence-electron chi connectivity index (χ4n) is 1.75.